The lowest BCUT2D eigenvalue weighted by molar-refractivity contribution is 0.102. The molecule has 1 aliphatic carbocycles. The fourth-order valence-corrected chi connectivity index (χ4v) is 2.85. The van der Waals surface area contributed by atoms with E-state index in [-0.39, 0.29) is 17.9 Å². The highest BCUT2D eigenvalue weighted by atomic mass is 16.3. The van der Waals surface area contributed by atoms with E-state index in [4.69, 9.17) is 4.42 Å². The second-order valence-corrected chi connectivity index (χ2v) is 6.39. The summed E-state index contributed by atoms with van der Waals surface area (Å²) < 4.78 is 7.01. The Morgan fingerprint density at radius 3 is 3.04 bits per heavy atom. The zero-order valence-corrected chi connectivity index (χ0v) is 14.2. The largest absolute Gasteiger partial charge is 0.472 e. The molecule has 0 spiro atoms. The Bertz CT molecular complexity index is 875. The van der Waals surface area contributed by atoms with Gasteiger partial charge in [-0.3, -0.25) is 19.9 Å². The van der Waals surface area contributed by atoms with Crippen molar-refractivity contribution in [3.05, 3.63) is 36.0 Å². The maximum absolute atomic E-state index is 12.7. The second-order valence-electron chi connectivity index (χ2n) is 6.39. The van der Waals surface area contributed by atoms with Crippen LogP contribution in [0.15, 0.2) is 29.2 Å². The number of aromatic amines is 1. The SMILES string of the molecule is CC[C@H](C)n1ncc(C(=O)Nc2n[nH]c(-c3ccoc3)n2)c1C1CC1. The lowest BCUT2D eigenvalue weighted by atomic mass is 10.1. The molecule has 3 heterocycles. The number of amides is 1. The topological polar surface area (TPSA) is 102 Å². The van der Waals surface area contributed by atoms with Gasteiger partial charge >= 0.3 is 0 Å². The van der Waals surface area contributed by atoms with E-state index in [0.717, 1.165) is 30.5 Å². The highest BCUT2D eigenvalue weighted by molar-refractivity contribution is 6.04. The van der Waals surface area contributed by atoms with Gasteiger partial charge in [0.15, 0.2) is 5.82 Å². The number of carbonyl (C=O) groups is 1. The number of aromatic nitrogens is 5. The van der Waals surface area contributed by atoms with Gasteiger partial charge in [-0.05, 0) is 32.3 Å². The first-order chi connectivity index (χ1) is 12.2. The number of nitrogens with one attached hydrogen (secondary N) is 2. The molecule has 3 aromatic heterocycles. The number of carbonyl (C=O) groups excluding carboxylic acids is 1. The standard InChI is InChI=1S/C17H20N6O2/c1-3-10(2)23-14(11-4-5-11)13(8-18-23)16(24)20-17-19-15(21-22-17)12-6-7-25-9-12/h6-11H,3-5H2,1-2H3,(H2,19,20,21,22,24)/t10-/m0/s1. The maximum atomic E-state index is 12.7. The van der Waals surface area contributed by atoms with Gasteiger partial charge in [-0.2, -0.15) is 10.1 Å². The van der Waals surface area contributed by atoms with Crippen LogP contribution in [-0.2, 0) is 0 Å². The van der Waals surface area contributed by atoms with Crippen molar-refractivity contribution in [2.24, 2.45) is 0 Å². The molecule has 1 saturated carbocycles. The summed E-state index contributed by atoms with van der Waals surface area (Å²) in [6.07, 6.45) is 7.95. The second kappa shape index (κ2) is 6.19. The van der Waals surface area contributed by atoms with E-state index in [1.165, 1.54) is 0 Å². The zero-order valence-electron chi connectivity index (χ0n) is 14.2. The lowest BCUT2D eigenvalue weighted by Gasteiger charge is -2.14. The number of hydrogen-bond donors (Lipinski definition) is 2. The molecule has 0 unspecified atom stereocenters. The predicted molar refractivity (Wildman–Crippen MR) is 91.2 cm³/mol. The Balaban J connectivity index is 1.56. The lowest BCUT2D eigenvalue weighted by Crippen LogP contribution is -2.16. The summed E-state index contributed by atoms with van der Waals surface area (Å²) >= 11 is 0. The number of anilines is 1. The molecular weight excluding hydrogens is 320 g/mol. The van der Waals surface area contributed by atoms with Crippen molar-refractivity contribution >= 4 is 11.9 Å². The molecule has 0 saturated heterocycles. The molecule has 8 heteroatoms. The molecule has 130 valence electrons. The summed E-state index contributed by atoms with van der Waals surface area (Å²) in [6.45, 7) is 4.24. The monoisotopic (exact) mass is 340 g/mol. The van der Waals surface area contributed by atoms with E-state index in [1.54, 1.807) is 24.8 Å². The van der Waals surface area contributed by atoms with E-state index in [0.29, 0.717) is 17.3 Å². The van der Waals surface area contributed by atoms with Gasteiger partial charge in [0.05, 0.1) is 29.3 Å². The van der Waals surface area contributed by atoms with E-state index < -0.39 is 0 Å². The van der Waals surface area contributed by atoms with E-state index >= 15 is 0 Å². The Kier molecular flexibility index (Phi) is 3.87. The van der Waals surface area contributed by atoms with Crippen molar-refractivity contribution in [3.63, 3.8) is 0 Å². The third-order valence-corrected chi connectivity index (χ3v) is 4.56. The number of nitrogens with zero attached hydrogens (tertiary/aromatic N) is 4. The first-order valence-corrected chi connectivity index (χ1v) is 8.51. The van der Waals surface area contributed by atoms with Crippen molar-refractivity contribution in [1.29, 1.82) is 0 Å². The quantitative estimate of drug-likeness (QED) is 0.716. The van der Waals surface area contributed by atoms with Crippen LogP contribution in [-0.4, -0.2) is 30.9 Å². The summed E-state index contributed by atoms with van der Waals surface area (Å²) in [4.78, 5) is 17.0. The van der Waals surface area contributed by atoms with Gasteiger partial charge in [-0.1, -0.05) is 6.92 Å². The molecule has 1 fully saturated rings. The van der Waals surface area contributed by atoms with Crippen LogP contribution in [0.3, 0.4) is 0 Å². The Morgan fingerprint density at radius 2 is 2.36 bits per heavy atom. The molecule has 2 N–H and O–H groups in total. The van der Waals surface area contributed by atoms with Gasteiger partial charge in [0.1, 0.15) is 6.26 Å². The fraction of sp³-hybridized carbons (Fsp3) is 0.412. The van der Waals surface area contributed by atoms with Crippen LogP contribution in [0, 0.1) is 0 Å². The van der Waals surface area contributed by atoms with Crippen molar-refractivity contribution in [3.8, 4) is 11.4 Å². The van der Waals surface area contributed by atoms with Crippen molar-refractivity contribution in [2.75, 3.05) is 5.32 Å². The fourth-order valence-electron chi connectivity index (χ4n) is 2.85. The van der Waals surface area contributed by atoms with Crippen LogP contribution < -0.4 is 5.32 Å². The van der Waals surface area contributed by atoms with Gasteiger partial charge in [0.2, 0.25) is 5.95 Å². The minimum atomic E-state index is -0.228. The minimum Gasteiger partial charge on any atom is -0.472 e. The first-order valence-electron chi connectivity index (χ1n) is 8.51. The Morgan fingerprint density at radius 1 is 1.52 bits per heavy atom. The molecule has 0 aliphatic heterocycles. The number of H-pyrrole nitrogens is 1. The molecular formula is C17H20N6O2. The molecule has 3 aromatic rings. The highest BCUT2D eigenvalue weighted by Gasteiger charge is 2.33. The van der Waals surface area contributed by atoms with Gasteiger partial charge in [0, 0.05) is 12.0 Å². The smallest absolute Gasteiger partial charge is 0.261 e. The van der Waals surface area contributed by atoms with Crippen LogP contribution in [0.2, 0.25) is 0 Å². The van der Waals surface area contributed by atoms with E-state index in [2.05, 4.69) is 39.4 Å². The highest BCUT2D eigenvalue weighted by Crippen LogP contribution is 2.42. The van der Waals surface area contributed by atoms with Gasteiger partial charge < -0.3 is 4.42 Å². The summed E-state index contributed by atoms with van der Waals surface area (Å²) in [5.41, 5.74) is 2.41. The molecule has 0 aromatic carbocycles. The molecule has 8 nitrogen and oxygen atoms in total. The molecule has 1 atom stereocenters. The number of hydrogen-bond acceptors (Lipinski definition) is 5. The Labute approximate surface area is 144 Å². The van der Waals surface area contributed by atoms with Crippen molar-refractivity contribution in [2.45, 2.75) is 45.1 Å². The van der Waals surface area contributed by atoms with Crippen molar-refractivity contribution < 1.29 is 9.21 Å². The Hall–Kier alpha value is -2.90. The van der Waals surface area contributed by atoms with Crippen LogP contribution in [0.4, 0.5) is 5.95 Å². The average molecular weight is 340 g/mol. The molecule has 4 rings (SSSR count). The summed E-state index contributed by atoms with van der Waals surface area (Å²) in [5, 5.41) is 14.0. The van der Waals surface area contributed by atoms with Crippen LogP contribution >= 0.6 is 0 Å². The van der Waals surface area contributed by atoms with Gasteiger partial charge in [0.25, 0.3) is 5.91 Å². The summed E-state index contributed by atoms with van der Waals surface area (Å²) in [7, 11) is 0. The molecule has 25 heavy (non-hydrogen) atoms. The maximum Gasteiger partial charge on any atom is 0.261 e. The summed E-state index contributed by atoms with van der Waals surface area (Å²) in [6, 6.07) is 2.04. The third-order valence-electron chi connectivity index (χ3n) is 4.56. The summed E-state index contributed by atoms with van der Waals surface area (Å²) in [5.74, 6) is 0.973. The first kappa shape index (κ1) is 15.6. The zero-order chi connectivity index (χ0) is 17.4. The van der Waals surface area contributed by atoms with Crippen LogP contribution in [0.25, 0.3) is 11.4 Å². The molecule has 0 bridgehead atoms. The van der Waals surface area contributed by atoms with Gasteiger partial charge in [-0.15, -0.1) is 5.10 Å². The normalized spacial score (nSPS) is 15.3. The third kappa shape index (κ3) is 2.95. The predicted octanol–water partition coefficient (Wildman–Crippen LogP) is 3.36. The molecule has 1 aliphatic rings. The average Bonchev–Trinajstić information content (AvgIpc) is 3.06. The minimum absolute atomic E-state index is 0.228. The van der Waals surface area contributed by atoms with E-state index in [1.807, 2.05) is 4.68 Å². The van der Waals surface area contributed by atoms with Gasteiger partial charge in [-0.25, -0.2) is 0 Å². The van der Waals surface area contributed by atoms with E-state index in [9.17, 15) is 4.79 Å². The molecule has 1 amide bonds. The van der Waals surface area contributed by atoms with Crippen molar-refractivity contribution in [1.82, 2.24) is 25.0 Å². The van der Waals surface area contributed by atoms with Crippen LogP contribution in [0.1, 0.15) is 61.1 Å². The van der Waals surface area contributed by atoms with Crippen LogP contribution in [0.5, 0.6) is 0 Å². The molecule has 0 radical (unpaired) electrons. The number of rotatable bonds is 6. The number of furan rings is 1.